The van der Waals surface area contributed by atoms with Crippen LogP contribution in [0.5, 0.6) is 17.2 Å². The molecule has 10 heteroatoms. The molecule has 0 bridgehead atoms. The lowest BCUT2D eigenvalue weighted by Crippen LogP contribution is -2.46. The lowest BCUT2D eigenvalue weighted by molar-refractivity contribution is -0.139. The quantitative estimate of drug-likeness (QED) is 0.638. The number of carbonyl (C=O) groups is 3. The molecule has 3 amide bonds. The van der Waals surface area contributed by atoms with E-state index in [1.807, 2.05) is 0 Å². The average molecular weight is 422 g/mol. The summed E-state index contributed by atoms with van der Waals surface area (Å²) < 4.78 is 21.1. The molecule has 0 N–H and O–H groups in total. The second-order valence-electron chi connectivity index (χ2n) is 6.21. The Balaban J connectivity index is 1.81. The molecule has 29 heavy (non-hydrogen) atoms. The van der Waals surface area contributed by atoms with Crippen molar-refractivity contribution in [3.63, 3.8) is 0 Å². The Labute approximate surface area is 172 Å². The molecule has 0 atom stereocenters. The summed E-state index contributed by atoms with van der Waals surface area (Å²) >= 11 is 0.783. The third-order valence-electron chi connectivity index (χ3n) is 4.55. The van der Waals surface area contributed by atoms with Crippen molar-refractivity contribution in [2.75, 3.05) is 54.2 Å². The van der Waals surface area contributed by atoms with Gasteiger partial charge in [-0.05, 0) is 23.9 Å². The molecule has 0 spiro atoms. The normalized spacial score (nSPS) is 18.4. The SMILES string of the molecule is COc1cc(OC)c(OC)cc1/C=C1/SC(=O)N(CC(=O)N2CCOCC2)C1=O. The number of imide groups is 1. The van der Waals surface area contributed by atoms with E-state index in [1.54, 1.807) is 23.1 Å². The molecule has 2 heterocycles. The van der Waals surface area contributed by atoms with Gasteiger partial charge in [0.15, 0.2) is 11.5 Å². The summed E-state index contributed by atoms with van der Waals surface area (Å²) in [5.74, 6) is 0.602. The Hall–Kier alpha value is -2.72. The first-order chi connectivity index (χ1) is 14.0. The lowest BCUT2D eigenvalue weighted by Gasteiger charge is -2.28. The number of thioether (sulfide) groups is 1. The van der Waals surface area contributed by atoms with E-state index in [0.717, 1.165) is 16.7 Å². The number of carbonyl (C=O) groups excluding carboxylic acids is 3. The van der Waals surface area contributed by atoms with E-state index < -0.39 is 11.1 Å². The molecule has 1 aromatic rings. The highest BCUT2D eigenvalue weighted by atomic mass is 32.2. The highest BCUT2D eigenvalue weighted by Gasteiger charge is 2.37. The summed E-state index contributed by atoms with van der Waals surface area (Å²) in [7, 11) is 4.50. The van der Waals surface area contributed by atoms with Crippen molar-refractivity contribution >= 4 is 34.9 Å². The minimum absolute atomic E-state index is 0.204. The predicted molar refractivity (Wildman–Crippen MR) is 106 cm³/mol. The Bertz CT molecular complexity index is 849. The number of methoxy groups -OCH3 is 3. The van der Waals surface area contributed by atoms with Gasteiger partial charge in [0.25, 0.3) is 11.1 Å². The molecule has 0 radical (unpaired) electrons. The zero-order chi connectivity index (χ0) is 21.0. The van der Waals surface area contributed by atoms with E-state index >= 15 is 0 Å². The largest absolute Gasteiger partial charge is 0.496 e. The molecule has 1 aromatic carbocycles. The molecule has 156 valence electrons. The number of hydrogen-bond acceptors (Lipinski definition) is 8. The monoisotopic (exact) mass is 422 g/mol. The van der Waals surface area contributed by atoms with E-state index in [0.29, 0.717) is 49.1 Å². The topological polar surface area (TPSA) is 94.6 Å². The molecule has 2 saturated heterocycles. The fraction of sp³-hybridized carbons (Fsp3) is 0.421. The van der Waals surface area contributed by atoms with Crippen LogP contribution in [0.2, 0.25) is 0 Å². The molecule has 0 aliphatic carbocycles. The molecule has 0 saturated carbocycles. The number of morpholine rings is 1. The summed E-state index contributed by atoms with van der Waals surface area (Å²) in [5.41, 5.74) is 0.551. The maximum atomic E-state index is 12.7. The van der Waals surface area contributed by atoms with Crippen LogP contribution in [-0.4, -0.2) is 81.0 Å². The molecule has 0 aromatic heterocycles. The summed E-state index contributed by atoms with van der Waals surface area (Å²) in [6, 6.07) is 3.29. The van der Waals surface area contributed by atoms with Gasteiger partial charge in [0, 0.05) is 24.7 Å². The van der Waals surface area contributed by atoms with Crippen molar-refractivity contribution in [3.05, 3.63) is 22.6 Å². The number of rotatable bonds is 6. The molecule has 3 rings (SSSR count). The fourth-order valence-electron chi connectivity index (χ4n) is 2.99. The van der Waals surface area contributed by atoms with Gasteiger partial charge in [-0.15, -0.1) is 0 Å². The van der Waals surface area contributed by atoms with E-state index in [9.17, 15) is 14.4 Å². The van der Waals surface area contributed by atoms with Crippen molar-refractivity contribution in [1.82, 2.24) is 9.80 Å². The Morgan fingerprint density at radius 2 is 1.69 bits per heavy atom. The third kappa shape index (κ3) is 4.48. The van der Waals surface area contributed by atoms with Crippen molar-refractivity contribution in [3.8, 4) is 17.2 Å². The van der Waals surface area contributed by atoms with Crippen LogP contribution in [0.4, 0.5) is 4.79 Å². The molecule has 2 aliphatic heterocycles. The first-order valence-corrected chi connectivity index (χ1v) is 9.71. The first-order valence-electron chi connectivity index (χ1n) is 8.89. The number of amides is 3. The molecular formula is C19H22N2O7S. The van der Waals surface area contributed by atoms with Crippen molar-refractivity contribution in [1.29, 1.82) is 0 Å². The van der Waals surface area contributed by atoms with Crippen LogP contribution in [0, 0.1) is 0 Å². The Morgan fingerprint density at radius 3 is 2.31 bits per heavy atom. The van der Waals surface area contributed by atoms with E-state index in [-0.39, 0.29) is 17.4 Å². The second kappa shape index (κ2) is 9.19. The average Bonchev–Trinajstić information content (AvgIpc) is 3.01. The second-order valence-corrected chi connectivity index (χ2v) is 7.20. The Kier molecular flexibility index (Phi) is 6.65. The van der Waals surface area contributed by atoms with Crippen LogP contribution in [0.1, 0.15) is 5.56 Å². The van der Waals surface area contributed by atoms with Crippen LogP contribution >= 0.6 is 11.8 Å². The summed E-state index contributed by atoms with van der Waals surface area (Å²) in [6.45, 7) is 1.52. The van der Waals surface area contributed by atoms with Crippen molar-refractivity contribution in [2.45, 2.75) is 0 Å². The Morgan fingerprint density at radius 1 is 1.07 bits per heavy atom. The first kappa shape index (κ1) is 21.0. The number of nitrogens with zero attached hydrogens (tertiary/aromatic N) is 2. The third-order valence-corrected chi connectivity index (χ3v) is 5.46. The zero-order valence-electron chi connectivity index (χ0n) is 16.4. The maximum Gasteiger partial charge on any atom is 0.294 e. The zero-order valence-corrected chi connectivity index (χ0v) is 17.2. The summed E-state index contributed by atoms with van der Waals surface area (Å²) in [6.07, 6.45) is 1.55. The van der Waals surface area contributed by atoms with Gasteiger partial charge >= 0.3 is 0 Å². The van der Waals surface area contributed by atoms with Crippen LogP contribution in [-0.2, 0) is 14.3 Å². The minimum atomic E-state index is -0.515. The molecule has 2 fully saturated rings. The molecule has 2 aliphatic rings. The smallest absolute Gasteiger partial charge is 0.294 e. The van der Waals surface area contributed by atoms with Gasteiger partial charge in [-0.3, -0.25) is 19.3 Å². The summed E-state index contributed by atoms with van der Waals surface area (Å²) in [5, 5.41) is -0.484. The van der Waals surface area contributed by atoms with Gasteiger partial charge in [-0.25, -0.2) is 0 Å². The van der Waals surface area contributed by atoms with E-state index in [2.05, 4.69) is 0 Å². The van der Waals surface area contributed by atoms with Crippen LogP contribution in [0.15, 0.2) is 17.0 Å². The predicted octanol–water partition coefficient (Wildman–Crippen LogP) is 1.61. The molecule has 0 unspecified atom stereocenters. The summed E-state index contributed by atoms with van der Waals surface area (Å²) in [4.78, 5) is 40.2. The number of ether oxygens (including phenoxy) is 4. The van der Waals surface area contributed by atoms with Gasteiger partial charge in [0.05, 0.1) is 39.4 Å². The van der Waals surface area contributed by atoms with Gasteiger partial charge < -0.3 is 23.8 Å². The van der Waals surface area contributed by atoms with E-state index in [1.165, 1.54) is 21.3 Å². The highest BCUT2D eigenvalue weighted by Crippen LogP contribution is 2.38. The van der Waals surface area contributed by atoms with Crippen molar-refractivity contribution < 1.29 is 33.3 Å². The van der Waals surface area contributed by atoms with Gasteiger partial charge in [-0.1, -0.05) is 0 Å². The van der Waals surface area contributed by atoms with Gasteiger partial charge in [0.2, 0.25) is 5.91 Å². The number of benzene rings is 1. The lowest BCUT2D eigenvalue weighted by atomic mass is 10.1. The fourth-order valence-corrected chi connectivity index (χ4v) is 3.82. The standard InChI is InChI=1S/C19H22N2O7S/c1-25-13-10-15(27-3)14(26-2)8-12(13)9-16-18(23)21(19(24)29-16)11-17(22)20-4-6-28-7-5-20/h8-10H,4-7,11H2,1-3H3/b16-9+. The van der Waals surface area contributed by atoms with Crippen LogP contribution in [0.3, 0.4) is 0 Å². The molecular weight excluding hydrogens is 400 g/mol. The highest BCUT2D eigenvalue weighted by molar-refractivity contribution is 8.18. The van der Waals surface area contributed by atoms with Gasteiger partial charge in [0.1, 0.15) is 12.3 Å². The van der Waals surface area contributed by atoms with Crippen molar-refractivity contribution in [2.24, 2.45) is 0 Å². The van der Waals surface area contributed by atoms with Gasteiger partial charge in [-0.2, -0.15) is 0 Å². The van der Waals surface area contributed by atoms with Crippen LogP contribution < -0.4 is 14.2 Å². The minimum Gasteiger partial charge on any atom is -0.496 e. The number of hydrogen-bond donors (Lipinski definition) is 0. The maximum absolute atomic E-state index is 12.7. The van der Waals surface area contributed by atoms with Crippen LogP contribution in [0.25, 0.3) is 6.08 Å². The molecule has 9 nitrogen and oxygen atoms in total. The van der Waals surface area contributed by atoms with E-state index in [4.69, 9.17) is 18.9 Å².